The number of aliphatic hydroxyl groups is 1. The van der Waals surface area contributed by atoms with Crippen molar-refractivity contribution in [1.82, 2.24) is 15.6 Å². The van der Waals surface area contributed by atoms with Crippen LogP contribution in [0.1, 0.15) is 45.3 Å². The summed E-state index contributed by atoms with van der Waals surface area (Å²) in [5.41, 5.74) is 3.48. The second-order valence-corrected chi connectivity index (χ2v) is 7.09. The van der Waals surface area contributed by atoms with E-state index in [1.54, 1.807) is 25.6 Å². The van der Waals surface area contributed by atoms with E-state index in [1.165, 1.54) is 0 Å². The first-order chi connectivity index (χ1) is 14.4. The number of amides is 1. The van der Waals surface area contributed by atoms with Gasteiger partial charge in [0, 0.05) is 49.5 Å². The minimum absolute atomic E-state index is 0.110. The van der Waals surface area contributed by atoms with Crippen molar-refractivity contribution >= 4 is 11.6 Å². The summed E-state index contributed by atoms with van der Waals surface area (Å²) in [6.07, 6.45) is 12.9. The fourth-order valence-electron chi connectivity index (χ4n) is 2.78. The minimum atomic E-state index is -0.603. The van der Waals surface area contributed by atoms with Crippen molar-refractivity contribution in [3.8, 4) is 0 Å². The summed E-state index contributed by atoms with van der Waals surface area (Å²) in [4.78, 5) is 20.2. The molecular weight excluding hydrogens is 376 g/mol. The highest BCUT2D eigenvalue weighted by Gasteiger charge is 2.10. The van der Waals surface area contributed by atoms with Gasteiger partial charge in [-0.05, 0) is 50.5 Å². The van der Waals surface area contributed by atoms with Gasteiger partial charge in [-0.1, -0.05) is 30.9 Å². The van der Waals surface area contributed by atoms with Gasteiger partial charge >= 0.3 is 0 Å². The van der Waals surface area contributed by atoms with Gasteiger partial charge in [0.1, 0.15) is 0 Å². The molecule has 1 unspecified atom stereocenters. The van der Waals surface area contributed by atoms with Crippen LogP contribution < -0.4 is 10.6 Å². The Balaban J connectivity index is 2.55. The summed E-state index contributed by atoms with van der Waals surface area (Å²) in [5, 5.41) is 16.4. The normalized spacial score (nSPS) is 15.2. The third kappa shape index (κ3) is 10.1. The van der Waals surface area contributed by atoms with Crippen LogP contribution in [-0.2, 0) is 4.79 Å². The largest absolute Gasteiger partial charge is 0.387 e. The van der Waals surface area contributed by atoms with Gasteiger partial charge in [0.25, 0.3) is 0 Å². The first-order valence-electron chi connectivity index (χ1n) is 10.1. The predicted octanol–water partition coefficient (Wildman–Crippen LogP) is 3.65. The molecular formula is C24H34N4O2. The first kappa shape index (κ1) is 25.2. The third-order valence-corrected chi connectivity index (χ3v) is 4.39. The lowest BCUT2D eigenvalue weighted by Gasteiger charge is -2.18. The van der Waals surface area contributed by atoms with Gasteiger partial charge in [0.2, 0.25) is 5.91 Å². The summed E-state index contributed by atoms with van der Waals surface area (Å²) >= 11 is 0. The Hall–Kier alpha value is -2.83. The molecule has 1 rings (SSSR count). The second kappa shape index (κ2) is 14.2. The number of hydrogen-bond acceptors (Lipinski definition) is 5. The van der Waals surface area contributed by atoms with Crippen molar-refractivity contribution in [2.75, 3.05) is 13.6 Å². The van der Waals surface area contributed by atoms with Crippen LogP contribution in [0.5, 0.6) is 0 Å². The van der Waals surface area contributed by atoms with Gasteiger partial charge in [0.15, 0.2) is 0 Å². The van der Waals surface area contributed by atoms with Crippen molar-refractivity contribution in [3.05, 3.63) is 78.3 Å². The van der Waals surface area contributed by atoms with E-state index in [9.17, 15) is 9.90 Å². The summed E-state index contributed by atoms with van der Waals surface area (Å²) in [5.74, 6) is -0.110. The van der Waals surface area contributed by atoms with Crippen LogP contribution in [-0.4, -0.2) is 41.3 Å². The fourth-order valence-corrected chi connectivity index (χ4v) is 2.78. The SMILES string of the molecule is C=C/C(=C\C(C)=C\NC(=O)CC(/C=C\C)=NC)CC(C)NC[C@H](O)c1cccnc1. The molecule has 0 spiro atoms. The zero-order valence-electron chi connectivity index (χ0n) is 18.4. The van der Waals surface area contributed by atoms with Crippen molar-refractivity contribution in [1.29, 1.82) is 0 Å². The molecule has 6 heteroatoms. The number of aromatic nitrogens is 1. The molecule has 0 fully saturated rings. The lowest BCUT2D eigenvalue weighted by molar-refractivity contribution is -0.118. The number of hydrogen-bond donors (Lipinski definition) is 3. The molecule has 1 heterocycles. The topological polar surface area (TPSA) is 86.6 Å². The van der Waals surface area contributed by atoms with E-state index in [-0.39, 0.29) is 18.4 Å². The van der Waals surface area contributed by atoms with E-state index in [4.69, 9.17) is 0 Å². The number of allylic oxidation sites excluding steroid dienone is 5. The van der Waals surface area contributed by atoms with E-state index in [0.717, 1.165) is 28.8 Å². The molecule has 0 aliphatic heterocycles. The number of rotatable bonds is 12. The van der Waals surface area contributed by atoms with E-state index in [1.807, 2.05) is 50.3 Å². The Kier molecular flexibility index (Phi) is 11.9. The molecule has 1 amide bonds. The average molecular weight is 411 g/mol. The molecule has 0 saturated carbocycles. The molecule has 0 bridgehead atoms. The third-order valence-electron chi connectivity index (χ3n) is 4.39. The van der Waals surface area contributed by atoms with Crippen molar-refractivity contribution in [2.45, 2.75) is 45.8 Å². The molecule has 162 valence electrons. The monoisotopic (exact) mass is 410 g/mol. The number of nitrogens with one attached hydrogen (secondary N) is 2. The van der Waals surface area contributed by atoms with Crippen molar-refractivity contribution < 1.29 is 9.90 Å². The number of aliphatic imine (C=N–C) groups is 1. The smallest absolute Gasteiger partial charge is 0.229 e. The Morgan fingerprint density at radius 1 is 1.43 bits per heavy atom. The first-order valence-corrected chi connectivity index (χ1v) is 10.1. The minimum Gasteiger partial charge on any atom is -0.387 e. The Morgan fingerprint density at radius 2 is 2.20 bits per heavy atom. The summed E-state index contributed by atoms with van der Waals surface area (Å²) < 4.78 is 0. The Labute approximate surface area is 180 Å². The number of carbonyl (C=O) groups excluding carboxylic acids is 1. The molecule has 2 atom stereocenters. The van der Waals surface area contributed by atoms with Gasteiger partial charge in [-0.15, -0.1) is 0 Å². The average Bonchev–Trinajstić information content (AvgIpc) is 2.75. The van der Waals surface area contributed by atoms with Crippen LogP contribution in [0.15, 0.2) is 77.7 Å². The maximum absolute atomic E-state index is 12.0. The van der Waals surface area contributed by atoms with Crippen LogP contribution >= 0.6 is 0 Å². The molecule has 0 aromatic carbocycles. The van der Waals surface area contributed by atoms with E-state index in [0.29, 0.717) is 6.54 Å². The lowest BCUT2D eigenvalue weighted by atomic mass is 10.0. The standard InChI is InChI=1S/C24H34N4O2/c1-6-9-22(25-5)14-24(30)28-15-18(3)12-20(7-2)13-19(4)27-17-23(29)21-10-8-11-26-16-21/h6-12,15-16,19,23,27,29H,2,13-14,17H2,1,3-5H3,(H,28,30)/b9-6-,18-15+,20-12+,25-22?/t19?,23-/m0/s1. The zero-order valence-corrected chi connectivity index (χ0v) is 18.4. The maximum atomic E-state index is 12.0. The number of nitrogens with zero attached hydrogens (tertiary/aromatic N) is 2. The van der Waals surface area contributed by atoms with E-state index in [2.05, 4.69) is 34.1 Å². The number of pyridine rings is 1. The van der Waals surface area contributed by atoms with Gasteiger partial charge in [-0.25, -0.2) is 0 Å². The summed E-state index contributed by atoms with van der Waals surface area (Å²) in [7, 11) is 1.67. The molecule has 0 saturated heterocycles. The molecule has 0 radical (unpaired) electrons. The highest BCUT2D eigenvalue weighted by Crippen LogP contribution is 2.13. The zero-order chi connectivity index (χ0) is 22.4. The van der Waals surface area contributed by atoms with Crippen molar-refractivity contribution in [3.63, 3.8) is 0 Å². The molecule has 0 aliphatic carbocycles. The van der Waals surface area contributed by atoms with Crippen LogP contribution in [0, 0.1) is 0 Å². The predicted molar refractivity (Wildman–Crippen MR) is 124 cm³/mol. The van der Waals surface area contributed by atoms with E-state index >= 15 is 0 Å². The van der Waals surface area contributed by atoms with Crippen LogP contribution in [0.3, 0.4) is 0 Å². The molecule has 3 N–H and O–H groups in total. The molecule has 1 aromatic heterocycles. The Morgan fingerprint density at radius 3 is 2.80 bits per heavy atom. The molecule has 1 aromatic rings. The molecule has 0 aliphatic rings. The van der Waals surface area contributed by atoms with Gasteiger partial charge in [0.05, 0.1) is 12.5 Å². The number of aliphatic hydroxyl groups excluding tert-OH is 1. The maximum Gasteiger partial charge on any atom is 0.229 e. The molecule has 30 heavy (non-hydrogen) atoms. The summed E-state index contributed by atoms with van der Waals surface area (Å²) in [6.45, 7) is 10.2. The molecule has 6 nitrogen and oxygen atoms in total. The summed E-state index contributed by atoms with van der Waals surface area (Å²) in [6, 6.07) is 3.81. The quantitative estimate of drug-likeness (QED) is 0.363. The van der Waals surface area contributed by atoms with Gasteiger partial charge < -0.3 is 15.7 Å². The highest BCUT2D eigenvalue weighted by molar-refractivity contribution is 6.07. The van der Waals surface area contributed by atoms with Crippen LogP contribution in [0.25, 0.3) is 0 Å². The lowest BCUT2D eigenvalue weighted by Crippen LogP contribution is -2.30. The highest BCUT2D eigenvalue weighted by atomic mass is 16.3. The second-order valence-electron chi connectivity index (χ2n) is 7.09. The number of carbonyl (C=O) groups is 1. The van der Waals surface area contributed by atoms with E-state index < -0.39 is 6.10 Å². The van der Waals surface area contributed by atoms with Crippen LogP contribution in [0.4, 0.5) is 0 Å². The van der Waals surface area contributed by atoms with Gasteiger partial charge in [-0.3, -0.25) is 14.8 Å². The fraction of sp³-hybridized carbons (Fsp3) is 0.375. The van der Waals surface area contributed by atoms with Crippen molar-refractivity contribution in [2.24, 2.45) is 4.99 Å². The van der Waals surface area contributed by atoms with Crippen LogP contribution in [0.2, 0.25) is 0 Å². The Bertz CT molecular complexity index is 795. The van der Waals surface area contributed by atoms with Gasteiger partial charge in [-0.2, -0.15) is 0 Å².